The fourth-order valence-electron chi connectivity index (χ4n) is 2.77. The second-order valence-corrected chi connectivity index (χ2v) is 6.47. The van der Waals surface area contributed by atoms with Gasteiger partial charge in [-0.05, 0) is 49.8 Å². The van der Waals surface area contributed by atoms with Crippen molar-refractivity contribution < 1.29 is 14.6 Å². The van der Waals surface area contributed by atoms with Crippen LogP contribution in [0, 0.1) is 25.2 Å². The van der Waals surface area contributed by atoms with Gasteiger partial charge >= 0.3 is 0 Å². The van der Waals surface area contributed by atoms with Gasteiger partial charge in [-0.15, -0.1) is 0 Å². The molecule has 0 aliphatic rings. The van der Waals surface area contributed by atoms with E-state index in [4.69, 9.17) is 4.74 Å². The largest absolute Gasteiger partial charge is 0.504 e. The van der Waals surface area contributed by atoms with E-state index in [0.717, 1.165) is 16.9 Å². The lowest BCUT2D eigenvalue weighted by atomic mass is 10.1. The summed E-state index contributed by atoms with van der Waals surface area (Å²) < 4.78 is 6.61. The number of amides is 1. The van der Waals surface area contributed by atoms with E-state index in [1.807, 2.05) is 44.2 Å². The Morgan fingerprint density at radius 3 is 2.55 bits per heavy atom. The second kappa shape index (κ2) is 8.31. The Kier molecular flexibility index (Phi) is 5.65. The van der Waals surface area contributed by atoms with Crippen LogP contribution in [-0.4, -0.2) is 27.9 Å². The molecule has 3 aromatic rings. The monoisotopic (exact) mass is 388 g/mol. The van der Waals surface area contributed by atoms with Crippen molar-refractivity contribution in [2.45, 2.75) is 13.8 Å². The third-order valence-corrected chi connectivity index (χ3v) is 4.23. The second-order valence-electron chi connectivity index (χ2n) is 6.47. The molecule has 1 amide bonds. The number of benzene rings is 2. The number of nitrogens with zero attached hydrogens (tertiary/aromatic N) is 3. The fourth-order valence-corrected chi connectivity index (χ4v) is 2.77. The van der Waals surface area contributed by atoms with E-state index in [0.29, 0.717) is 17.1 Å². The number of anilines is 1. The summed E-state index contributed by atoms with van der Waals surface area (Å²) in [5.74, 6) is 0.112. The highest BCUT2D eigenvalue weighted by atomic mass is 16.5. The van der Waals surface area contributed by atoms with Crippen molar-refractivity contribution in [2.75, 3.05) is 12.4 Å². The first-order valence-electron chi connectivity index (χ1n) is 8.85. The summed E-state index contributed by atoms with van der Waals surface area (Å²) in [6.07, 6.45) is 1.40. The van der Waals surface area contributed by atoms with Crippen LogP contribution in [0.4, 0.5) is 5.82 Å². The molecule has 0 bridgehead atoms. The van der Waals surface area contributed by atoms with Gasteiger partial charge in [0.05, 0.1) is 18.5 Å². The maximum absolute atomic E-state index is 12.7. The molecular formula is C22H20N4O3. The highest BCUT2D eigenvalue weighted by Crippen LogP contribution is 2.27. The number of rotatable bonds is 5. The van der Waals surface area contributed by atoms with Gasteiger partial charge in [-0.2, -0.15) is 10.4 Å². The predicted molar refractivity (Wildman–Crippen MR) is 110 cm³/mol. The summed E-state index contributed by atoms with van der Waals surface area (Å²) >= 11 is 0. The molecule has 146 valence electrons. The molecule has 0 aliphatic heterocycles. The van der Waals surface area contributed by atoms with Gasteiger partial charge in [-0.25, -0.2) is 4.68 Å². The Morgan fingerprint density at radius 2 is 1.93 bits per heavy atom. The Morgan fingerprint density at radius 1 is 1.21 bits per heavy atom. The van der Waals surface area contributed by atoms with Crippen LogP contribution in [0.15, 0.2) is 54.1 Å². The summed E-state index contributed by atoms with van der Waals surface area (Å²) in [5, 5.41) is 26.5. The summed E-state index contributed by atoms with van der Waals surface area (Å²) in [6.45, 7) is 3.81. The third-order valence-electron chi connectivity index (χ3n) is 4.23. The average molecular weight is 388 g/mol. The zero-order valence-electron chi connectivity index (χ0n) is 16.3. The molecule has 0 saturated carbocycles. The zero-order valence-corrected chi connectivity index (χ0v) is 16.3. The van der Waals surface area contributed by atoms with Gasteiger partial charge in [0.15, 0.2) is 11.5 Å². The molecule has 0 atom stereocenters. The quantitative estimate of drug-likeness (QED) is 0.512. The molecule has 1 aromatic heterocycles. The van der Waals surface area contributed by atoms with Gasteiger partial charge in [-0.3, -0.25) is 4.79 Å². The van der Waals surface area contributed by atoms with Crippen LogP contribution in [-0.2, 0) is 4.79 Å². The molecule has 0 fully saturated rings. The number of aromatic hydroxyl groups is 1. The molecule has 0 radical (unpaired) electrons. The van der Waals surface area contributed by atoms with Crippen LogP contribution in [0.2, 0.25) is 0 Å². The Balaban J connectivity index is 1.88. The topological polar surface area (TPSA) is 100 Å². The summed E-state index contributed by atoms with van der Waals surface area (Å²) in [6, 6.07) is 16.0. The number of aromatic nitrogens is 2. The molecule has 0 spiro atoms. The van der Waals surface area contributed by atoms with Gasteiger partial charge in [0.2, 0.25) is 0 Å². The number of methoxy groups -OCH3 is 1. The molecule has 7 heteroatoms. The van der Waals surface area contributed by atoms with Gasteiger partial charge in [-0.1, -0.05) is 23.8 Å². The highest BCUT2D eigenvalue weighted by Gasteiger charge is 2.15. The van der Waals surface area contributed by atoms with Crippen LogP contribution < -0.4 is 10.1 Å². The molecule has 2 aromatic carbocycles. The number of carbonyl (C=O) groups excluding carboxylic acids is 1. The highest BCUT2D eigenvalue weighted by molar-refractivity contribution is 6.09. The number of phenols is 1. The first-order chi connectivity index (χ1) is 13.9. The minimum atomic E-state index is -0.573. The van der Waals surface area contributed by atoms with Crippen molar-refractivity contribution in [2.24, 2.45) is 0 Å². The number of hydrogen-bond donors (Lipinski definition) is 2. The Hall–Kier alpha value is -4.05. The maximum atomic E-state index is 12.7. The van der Waals surface area contributed by atoms with Gasteiger partial charge < -0.3 is 15.2 Å². The van der Waals surface area contributed by atoms with Crippen molar-refractivity contribution in [1.29, 1.82) is 5.26 Å². The fraction of sp³-hybridized carbons (Fsp3) is 0.136. The summed E-state index contributed by atoms with van der Waals surface area (Å²) in [5.41, 5.74) is 3.02. The lowest BCUT2D eigenvalue weighted by Crippen LogP contribution is -2.16. The lowest BCUT2D eigenvalue weighted by molar-refractivity contribution is -0.112. The van der Waals surface area contributed by atoms with E-state index in [1.165, 1.54) is 19.3 Å². The molecule has 7 nitrogen and oxygen atoms in total. The van der Waals surface area contributed by atoms with Gasteiger partial charge in [0.1, 0.15) is 17.5 Å². The average Bonchev–Trinajstić information content (AvgIpc) is 3.06. The van der Waals surface area contributed by atoms with E-state index < -0.39 is 5.91 Å². The van der Waals surface area contributed by atoms with Crippen molar-refractivity contribution in [3.63, 3.8) is 0 Å². The predicted octanol–water partition coefficient (Wildman–Crippen LogP) is 3.75. The molecule has 2 N–H and O–H groups in total. The van der Waals surface area contributed by atoms with Crippen LogP contribution >= 0.6 is 0 Å². The summed E-state index contributed by atoms with van der Waals surface area (Å²) in [4.78, 5) is 12.7. The molecule has 0 saturated heterocycles. The third kappa shape index (κ3) is 4.45. The first-order valence-corrected chi connectivity index (χ1v) is 8.85. The van der Waals surface area contributed by atoms with E-state index >= 15 is 0 Å². The minimum Gasteiger partial charge on any atom is -0.504 e. The van der Waals surface area contributed by atoms with E-state index in [2.05, 4.69) is 10.4 Å². The van der Waals surface area contributed by atoms with Gasteiger partial charge in [0, 0.05) is 6.07 Å². The molecule has 1 heterocycles. The summed E-state index contributed by atoms with van der Waals surface area (Å²) in [7, 11) is 1.44. The molecule has 29 heavy (non-hydrogen) atoms. The molecule has 0 unspecified atom stereocenters. The molecular weight excluding hydrogens is 368 g/mol. The normalized spacial score (nSPS) is 11.0. The number of hydrogen-bond acceptors (Lipinski definition) is 5. The van der Waals surface area contributed by atoms with Crippen LogP contribution in [0.5, 0.6) is 11.5 Å². The SMILES string of the molecule is COc1ccc(/C=C(\C#N)C(=O)Nc2cc(C)nn2-c2ccc(C)cc2)cc1O. The van der Waals surface area contributed by atoms with E-state index in [-0.39, 0.29) is 11.3 Å². The maximum Gasteiger partial charge on any atom is 0.267 e. The van der Waals surface area contributed by atoms with Gasteiger partial charge in [0.25, 0.3) is 5.91 Å². The van der Waals surface area contributed by atoms with E-state index in [1.54, 1.807) is 22.9 Å². The smallest absolute Gasteiger partial charge is 0.267 e. The number of ether oxygens (including phenoxy) is 1. The standard InChI is InChI=1S/C22H20N4O3/c1-14-4-7-18(8-5-14)26-21(10-15(2)25-26)24-22(28)17(13-23)11-16-6-9-20(29-3)19(27)12-16/h4-12,27H,1-3H3,(H,24,28)/b17-11+. The van der Waals surface area contributed by atoms with E-state index in [9.17, 15) is 15.2 Å². The minimum absolute atomic E-state index is 0.0768. The van der Waals surface area contributed by atoms with Crippen LogP contribution in [0.1, 0.15) is 16.8 Å². The van der Waals surface area contributed by atoms with Crippen molar-refractivity contribution in [3.05, 3.63) is 70.9 Å². The van der Waals surface area contributed by atoms with Crippen LogP contribution in [0.3, 0.4) is 0 Å². The first kappa shape index (κ1) is 19.7. The Bertz CT molecular complexity index is 1120. The zero-order chi connectivity index (χ0) is 21.0. The lowest BCUT2D eigenvalue weighted by Gasteiger charge is -2.09. The number of nitrogens with one attached hydrogen (secondary N) is 1. The Labute approximate surface area is 168 Å². The number of phenolic OH excluding ortho intramolecular Hbond substituents is 1. The number of nitriles is 1. The van der Waals surface area contributed by atoms with Crippen molar-refractivity contribution in [3.8, 4) is 23.3 Å². The van der Waals surface area contributed by atoms with Crippen molar-refractivity contribution in [1.82, 2.24) is 9.78 Å². The number of aryl methyl sites for hydroxylation is 2. The number of carbonyl (C=O) groups is 1. The van der Waals surface area contributed by atoms with Crippen LogP contribution in [0.25, 0.3) is 11.8 Å². The molecule has 3 rings (SSSR count). The molecule has 0 aliphatic carbocycles. The van der Waals surface area contributed by atoms with Crippen molar-refractivity contribution >= 4 is 17.8 Å².